The molecule has 1 N–H and O–H groups in total. The normalized spacial score (nSPS) is 23.9. The molecule has 100 valence electrons. The number of rotatable bonds is 2. The van der Waals surface area contributed by atoms with Crippen LogP contribution < -0.4 is 5.32 Å². The first-order valence-corrected chi connectivity index (χ1v) is 8.46. The Bertz CT molecular complexity index is 404. The van der Waals surface area contributed by atoms with Crippen LogP contribution in [0.25, 0.3) is 0 Å². The summed E-state index contributed by atoms with van der Waals surface area (Å²) in [4.78, 5) is 4.16. The Morgan fingerprint density at radius 1 is 1.39 bits per heavy atom. The van der Waals surface area contributed by atoms with Crippen LogP contribution in [0.1, 0.15) is 29.7 Å². The van der Waals surface area contributed by atoms with Gasteiger partial charge in [-0.05, 0) is 78.8 Å². The van der Waals surface area contributed by atoms with Crippen LogP contribution in [-0.4, -0.2) is 31.1 Å². The van der Waals surface area contributed by atoms with Gasteiger partial charge in [0.15, 0.2) is 0 Å². The van der Waals surface area contributed by atoms with Gasteiger partial charge in [0.1, 0.15) is 0 Å². The molecule has 3 rings (SSSR count). The van der Waals surface area contributed by atoms with Gasteiger partial charge in [-0.25, -0.2) is 0 Å². The fraction of sp³-hybridized carbons (Fsp3) is 0.714. The molecule has 1 aromatic rings. The van der Waals surface area contributed by atoms with E-state index < -0.39 is 0 Å². The largest absolute Gasteiger partial charge is 0.317 e. The standard InChI is InChI=1S/C14H21BrN2S/c1-11-8-12(18-13(11)15)9-17-7-4-14(10-17)2-5-16-6-3-14/h8,16H,2-7,9-10H2,1H3. The molecule has 0 radical (unpaired) electrons. The van der Waals surface area contributed by atoms with E-state index >= 15 is 0 Å². The van der Waals surface area contributed by atoms with E-state index in [0.717, 1.165) is 6.54 Å². The summed E-state index contributed by atoms with van der Waals surface area (Å²) in [5.41, 5.74) is 2.01. The Hall–Kier alpha value is 0.100. The summed E-state index contributed by atoms with van der Waals surface area (Å²) in [5.74, 6) is 0. The second-order valence-corrected chi connectivity index (χ2v) is 8.33. The first kappa shape index (κ1) is 13.1. The molecule has 1 spiro atoms. The number of nitrogens with one attached hydrogen (secondary N) is 1. The van der Waals surface area contributed by atoms with Gasteiger partial charge >= 0.3 is 0 Å². The topological polar surface area (TPSA) is 15.3 Å². The van der Waals surface area contributed by atoms with Gasteiger partial charge in [0.2, 0.25) is 0 Å². The molecule has 4 heteroatoms. The Kier molecular flexibility index (Phi) is 3.81. The van der Waals surface area contributed by atoms with Crippen LogP contribution in [0.3, 0.4) is 0 Å². The maximum absolute atomic E-state index is 3.63. The molecule has 0 amide bonds. The van der Waals surface area contributed by atoms with Gasteiger partial charge in [0, 0.05) is 18.0 Å². The molecule has 2 aliphatic rings. The number of thiophene rings is 1. The van der Waals surface area contributed by atoms with Crippen molar-refractivity contribution in [1.29, 1.82) is 0 Å². The van der Waals surface area contributed by atoms with Crippen molar-refractivity contribution in [3.8, 4) is 0 Å². The maximum Gasteiger partial charge on any atom is 0.0730 e. The Morgan fingerprint density at radius 3 is 2.83 bits per heavy atom. The van der Waals surface area contributed by atoms with Crippen molar-refractivity contribution in [3.05, 3.63) is 20.3 Å². The average Bonchev–Trinajstić information content (AvgIpc) is 2.86. The number of aryl methyl sites for hydroxylation is 1. The summed E-state index contributed by atoms with van der Waals surface area (Å²) in [5, 5.41) is 3.49. The van der Waals surface area contributed by atoms with Gasteiger partial charge in [-0.15, -0.1) is 11.3 Å². The van der Waals surface area contributed by atoms with E-state index in [1.165, 1.54) is 59.7 Å². The van der Waals surface area contributed by atoms with E-state index in [9.17, 15) is 0 Å². The number of halogens is 1. The van der Waals surface area contributed by atoms with E-state index in [-0.39, 0.29) is 0 Å². The van der Waals surface area contributed by atoms with Crippen molar-refractivity contribution >= 4 is 27.3 Å². The fourth-order valence-corrected chi connectivity index (χ4v) is 5.02. The Labute approximate surface area is 122 Å². The van der Waals surface area contributed by atoms with Crippen LogP contribution in [-0.2, 0) is 6.54 Å². The molecule has 2 saturated heterocycles. The SMILES string of the molecule is Cc1cc(CN2CCC3(CCNCC3)C2)sc1Br. The predicted molar refractivity (Wildman–Crippen MR) is 81.2 cm³/mol. The number of nitrogens with zero attached hydrogens (tertiary/aromatic N) is 1. The zero-order valence-electron chi connectivity index (χ0n) is 11.0. The number of piperidine rings is 1. The van der Waals surface area contributed by atoms with Crippen molar-refractivity contribution in [1.82, 2.24) is 10.2 Å². The zero-order valence-corrected chi connectivity index (χ0v) is 13.4. The van der Waals surface area contributed by atoms with Crippen LogP contribution >= 0.6 is 27.3 Å². The lowest BCUT2D eigenvalue weighted by Gasteiger charge is -2.33. The third-order valence-electron chi connectivity index (χ3n) is 4.47. The Balaban J connectivity index is 1.62. The minimum Gasteiger partial charge on any atom is -0.317 e. The molecule has 0 unspecified atom stereocenters. The molecule has 3 heterocycles. The molecular formula is C14H21BrN2S. The van der Waals surface area contributed by atoms with Crippen LogP contribution in [0.2, 0.25) is 0 Å². The van der Waals surface area contributed by atoms with Crippen LogP contribution in [0.15, 0.2) is 9.85 Å². The highest BCUT2D eigenvalue weighted by molar-refractivity contribution is 9.11. The average molecular weight is 329 g/mol. The van der Waals surface area contributed by atoms with Crippen molar-refractivity contribution in [2.45, 2.75) is 32.7 Å². The van der Waals surface area contributed by atoms with Crippen LogP contribution in [0, 0.1) is 12.3 Å². The summed E-state index contributed by atoms with van der Waals surface area (Å²) in [6, 6.07) is 2.34. The van der Waals surface area contributed by atoms with Gasteiger partial charge in [0.25, 0.3) is 0 Å². The summed E-state index contributed by atoms with van der Waals surface area (Å²) in [6.45, 7) is 8.36. The molecule has 1 aromatic heterocycles. The van der Waals surface area contributed by atoms with Crippen molar-refractivity contribution in [2.75, 3.05) is 26.2 Å². The number of hydrogen-bond donors (Lipinski definition) is 1. The van der Waals surface area contributed by atoms with Gasteiger partial charge in [-0.2, -0.15) is 0 Å². The lowest BCUT2D eigenvalue weighted by molar-refractivity contribution is 0.194. The van der Waals surface area contributed by atoms with E-state index in [1.54, 1.807) is 0 Å². The van der Waals surface area contributed by atoms with E-state index in [0.29, 0.717) is 5.41 Å². The molecule has 0 aromatic carbocycles. The van der Waals surface area contributed by atoms with Crippen molar-refractivity contribution in [2.24, 2.45) is 5.41 Å². The predicted octanol–water partition coefficient (Wildman–Crippen LogP) is 3.39. The number of likely N-dealkylation sites (tertiary alicyclic amines) is 1. The van der Waals surface area contributed by atoms with Gasteiger partial charge in [-0.3, -0.25) is 4.90 Å². The summed E-state index contributed by atoms with van der Waals surface area (Å²) < 4.78 is 1.30. The highest BCUT2D eigenvalue weighted by atomic mass is 79.9. The van der Waals surface area contributed by atoms with Gasteiger partial charge in [0.05, 0.1) is 3.79 Å². The van der Waals surface area contributed by atoms with E-state index in [1.807, 2.05) is 11.3 Å². The summed E-state index contributed by atoms with van der Waals surface area (Å²) in [6.07, 6.45) is 4.15. The van der Waals surface area contributed by atoms with Crippen molar-refractivity contribution < 1.29 is 0 Å². The smallest absolute Gasteiger partial charge is 0.0730 e. The maximum atomic E-state index is 3.63. The van der Waals surface area contributed by atoms with Crippen LogP contribution in [0.5, 0.6) is 0 Å². The second-order valence-electron chi connectivity index (χ2n) is 5.88. The molecule has 18 heavy (non-hydrogen) atoms. The molecule has 0 saturated carbocycles. The molecule has 2 aliphatic heterocycles. The lowest BCUT2D eigenvalue weighted by atomic mass is 9.78. The molecule has 0 aliphatic carbocycles. The Morgan fingerprint density at radius 2 is 2.17 bits per heavy atom. The fourth-order valence-electron chi connectivity index (χ4n) is 3.35. The molecule has 2 nitrogen and oxygen atoms in total. The first-order valence-electron chi connectivity index (χ1n) is 6.85. The highest BCUT2D eigenvalue weighted by Crippen LogP contribution is 2.39. The lowest BCUT2D eigenvalue weighted by Crippen LogP contribution is -2.38. The van der Waals surface area contributed by atoms with E-state index in [2.05, 4.69) is 39.1 Å². The first-order chi connectivity index (χ1) is 8.67. The molecule has 0 bridgehead atoms. The van der Waals surface area contributed by atoms with Crippen molar-refractivity contribution in [3.63, 3.8) is 0 Å². The molecule has 2 fully saturated rings. The van der Waals surface area contributed by atoms with Gasteiger partial charge in [-0.1, -0.05) is 0 Å². The van der Waals surface area contributed by atoms with Crippen LogP contribution in [0.4, 0.5) is 0 Å². The summed E-state index contributed by atoms with van der Waals surface area (Å²) >= 11 is 5.53. The molecule has 0 atom stereocenters. The van der Waals surface area contributed by atoms with Gasteiger partial charge < -0.3 is 5.32 Å². The third kappa shape index (κ3) is 2.67. The minimum atomic E-state index is 0.634. The quantitative estimate of drug-likeness (QED) is 0.895. The monoisotopic (exact) mass is 328 g/mol. The minimum absolute atomic E-state index is 0.634. The zero-order chi connectivity index (χ0) is 12.6. The second kappa shape index (κ2) is 5.23. The number of hydrogen-bond acceptors (Lipinski definition) is 3. The highest BCUT2D eigenvalue weighted by Gasteiger charge is 2.38. The van der Waals surface area contributed by atoms with E-state index in [4.69, 9.17) is 0 Å². The molecular weight excluding hydrogens is 308 g/mol. The summed E-state index contributed by atoms with van der Waals surface area (Å²) in [7, 11) is 0. The third-order valence-corrected chi connectivity index (χ3v) is 6.59.